The van der Waals surface area contributed by atoms with E-state index in [1.807, 2.05) is 0 Å². The molecule has 164 valence electrons. The summed E-state index contributed by atoms with van der Waals surface area (Å²) >= 11 is 0. The number of amides is 3. The number of carbonyl (C=O) groups excluding carboxylic acids is 3. The van der Waals surface area contributed by atoms with E-state index >= 15 is 0 Å². The lowest BCUT2D eigenvalue weighted by Crippen LogP contribution is -2.29. The molecule has 0 aliphatic carbocycles. The molecule has 1 aliphatic rings. The second-order valence-electron chi connectivity index (χ2n) is 7.65. The summed E-state index contributed by atoms with van der Waals surface area (Å²) in [7, 11) is 1.47. The van der Waals surface area contributed by atoms with E-state index in [1.165, 1.54) is 12.0 Å². The van der Waals surface area contributed by atoms with E-state index in [2.05, 4.69) is 10.3 Å². The highest BCUT2D eigenvalue weighted by atomic mass is 16.5. The number of hydrogen-bond acceptors (Lipinski definition) is 6. The summed E-state index contributed by atoms with van der Waals surface area (Å²) in [5.41, 5.74) is 3.48. The number of hydrogen-bond donors (Lipinski definition) is 1. The van der Waals surface area contributed by atoms with Crippen molar-refractivity contribution in [2.75, 3.05) is 12.4 Å². The molecule has 0 radical (unpaired) electrons. The van der Waals surface area contributed by atoms with Gasteiger partial charge in [0.25, 0.3) is 17.7 Å². The highest BCUT2D eigenvalue weighted by Crippen LogP contribution is 2.27. The van der Waals surface area contributed by atoms with E-state index in [0.29, 0.717) is 45.1 Å². The Morgan fingerprint density at radius 2 is 1.76 bits per heavy atom. The van der Waals surface area contributed by atoms with Crippen molar-refractivity contribution in [3.8, 4) is 5.75 Å². The van der Waals surface area contributed by atoms with Gasteiger partial charge in [0.2, 0.25) is 0 Å². The largest absolute Gasteiger partial charge is 0.496 e. The van der Waals surface area contributed by atoms with Crippen LogP contribution in [0, 0.1) is 6.92 Å². The van der Waals surface area contributed by atoms with Crippen LogP contribution in [0.25, 0.3) is 11.1 Å². The first kappa shape index (κ1) is 20.4. The normalized spacial score (nSPS) is 12.8. The molecule has 0 spiro atoms. The SMILES string of the molecule is COc1ccc(CN2C(=O)c3ccccc3C2=O)cc1C(=O)Nc1ccc2oc(C)nc2c1. The van der Waals surface area contributed by atoms with Gasteiger partial charge < -0.3 is 14.5 Å². The molecular weight excluding hydrogens is 422 g/mol. The van der Waals surface area contributed by atoms with Crippen molar-refractivity contribution >= 4 is 34.5 Å². The molecule has 8 nitrogen and oxygen atoms in total. The van der Waals surface area contributed by atoms with Gasteiger partial charge in [-0.2, -0.15) is 0 Å². The molecular formula is C25H19N3O5. The van der Waals surface area contributed by atoms with Gasteiger partial charge in [0.15, 0.2) is 11.5 Å². The molecule has 0 fully saturated rings. The Morgan fingerprint density at radius 3 is 2.45 bits per heavy atom. The fraction of sp³-hybridized carbons (Fsp3) is 0.120. The van der Waals surface area contributed by atoms with Crippen LogP contribution < -0.4 is 10.1 Å². The van der Waals surface area contributed by atoms with Gasteiger partial charge >= 0.3 is 0 Å². The molecule has 1 N–H and O–H groups in total. The number of methoxy groups -OCH3 is 1. The van der Waals surface area contributed by atoms with Crippen molar-refractivity contribution in [3.63, 3.8) is 0 Å². The van der Waals surface area contributed by atoms with Crippen LogP contribution in [0.4, 0.5) is 5.69 Å². The fourth-order valence-electron chi connectivity index (χ4n) is 3.92. The Morgan fingerprint density at radius 1 is 1.03 bits per heavy atom. The molecule has 0 unspecified atom stereocenters. The molecule has 1 aromatic heterocycles. The molecule has 0 saturated heterocycles. The molecule has 0 bridgehead atoms. The van der Waals surface area contributed by atoms with Crippen LogP contribution in [0.1, 0.15) is 42.5 Å². The van der Waals surface area contributed by atoms with Gasteiger partial charge in [-0.15, -0.1) is 0 Å². The number of aryl methyl sites for hydroxylation is 1. The molecule has 4 aromatic rings. The minimum absolute atomic E-state index is 0.0425. The Labute approximate surface area is 188 Å². The first-order valence-electron chi connectivity index (χ1n) is 10.3. The number of nitrogens with zero attached hydrogens (tertiary/aromatic N) is 2. The van der Waals surface area contributed by atoms with E-state index in [4.69, 9.17) is 9.15 Å². The van der Waals surface area contributed by atoms with Crippen LogP contribution in [0.15, 0.2) is 65.1 Å². The highest BCUT2D eigenvalue weighted by molar-refractivity contribution is 6.21. The van der Waals surface area contributed by atoms with Gasteiger partial charge in [-0.25, -0.2) is 4.98 Å². The number of anilines is 1. The Hall–Kier alpha value is -4.46. The summed E-state index contributed by atoms with van der Waals surface area (Å²) in [5.74, 6) is -0.189. The summed E-state index contributed by atoms with van der Waals surface area (Å²) in [6, 6.07) is 16.9. The predicted octanol–water partition coefficient (Wildman–Crippen LogP) is 4.19. The number of rotatable bonds is 5. The van der Waals surface area contributed by atoms with Crippen LogP contribution >= 0.6 is 0 Å². The average molecular weight is 441 g/mol. The van der Waals surface area contributed by atoms with E-state index in [1.54, 1.807) is 67.6 Å². The Balaban J connectivity index is 1.40. The van der Waals surface area contributed by atoms with E-state index < -0.39 is 5.91 Å². The number of imide groups is 1. The molecule has 0 atom stereocenters. The molecule has 2 heterocycles. The van der Waals surface area contributed by atoms with Crippen molar-refractivity contribution in [1.29, 1.82) is 0 Å². The van der Waals surface area contributed by atoms with E-state index in [-0.39, 0.29) is 23.9 Å². The summed E-state index contributed by atoms with van der Waals surface area (Å²) < 4.78 is 10.8. The monoisotopic (exact) mass is 441 g/mol. The number of aromatic nitrogens is 1. The van der Waals surface area contributed by atoms with Crippen LogP contribution in [0.5, 0.6) is 5.75 Å². The molecule has 8 heteroatoms. The molecule has 33 heavy (non-hydrogen) atoms. The quantitative estimate of drug-likeness (QED) is 0.466. The third kappa shape index (κ3) is 3.61. The molecule has 5 rings (SSSR count). The number of carbonyl (C=O) groups is 3. The number of benzene rings is 3. The summed E-state index contributed by atoms with van der Waals surface area (Å²) in [6.07, 6.45) is 0. The van der Waals surface area contributed by atoms with Crippen LogP contribution in [0.2, 0.25) is 0 Å². The maximum Gasteiger partial charge on any atom is 0.261 e. The zero-order valence-corrected chi connectivity index (χ0v) is 17.9. The topological polar surface area (TPSA) is 102 Å². The zero-order valence-electron chi connectivity index (χ0n) is 17.9. The number of oxazole rings is 1. The lowest BCUT2D eigenvalue weighted by Gasteiger charge is -2.16. The van der Waals surface area contributed by atoms with Crippen molar-refractivity contribution in [1.82, 2.24) is 9.88 Å². The maximum atomic E-state index is 13.0. The van der Waals surface area contributed by atoms with Gasteiger partial charge in [-0.1, -0.05) is 18.2 Å². The van der Waals surface area contributed by atoms with Gasteiger partial charge in [-0.3, -0.25) is 19.3 Å². The second-order valence-corrected chi connectivity index (χ2v) is 7.65. The highest BCUT2D eigenvalue weighted by Gasteiger charge is 2.35. The maximum absolute atomic E-state index is 13.0. The van der Waals surface area contributed by atoms with Crippen molar-refractivity contribution in [2.45, 2.75) is 13.5 Å². The lowest BCUT2D eigenvalue weighted by molar-refractivity contribution is 0.0642. The Bertz CT molecular complexity index is 1400. The van der Waals surface area contributed by atoms with Crippen molar-refractivity contribution in [2.24, 2.45) is 0 Å². The average Bonchev–Trinajstić information content (AvgIpc) is 3.30. The minimum atomic E-state index is -0.393. The van der Waals surface area contributed by atoms with Gasteiger partial charge in [-0.05, 0) is 48.0 Å². The predicted molar refractivity (Wildman–Crippen MR) is 120 cm³/mol. The third-order valence-corrected chi connectivity index (χ3v) is 5.48. The first-order valence-corrected chi connectivity index (χ1v) is 10.3. The molecule has 1 aliphatic heterocycles. The van der Waals surface area contributed by atoms with Gasteiger partial charge in [0.1, 0.15) is 11.3 Å². The minimum Gasteiger partial charge on any atom is -0.496 e. The molecule has 3 aromatic carbocycles. The summed E-state index contributed by atoms with van der Waals surface area (Å²) in [5, 5.41) is 2.84. The standard InChI is InChI=1S/C25H19N3O5/c1-14-26-20-12-16(8-10-22(20)33-14)27-23(29)19-11-15(7-9-21(19)32-2)13-28-24(30)17-5-3-4-6-18(17)25(28)31/h3-12H,13H2,1-2H3,(H,27,29). The smallest absolute Gasteiger partial charge is 0.261 e. The van der Waals surface area contributed by atoms with Crippen LogP contribution in [-0.4, -0.2) is 34.7 Å². The van der Waals surface area contributed by atoms with E-state index in [9.17, 15) is 14.4 Å². The Kier molecular flexibility index (Phi) is 4.90. The number of ether oxygens (including phenoxy) is 1. The third-order valence-electron chi connectivity index (χ3n) is 5.48. The van der Waals surface area contributed by atoms with Crippen molar-refractivity contribution in [3.05, 3.63) is 88.8 Å². The van der Waals surface area contributed by atoms with E-state index in [0.717, 1.165) is 0 Å². The lowest BCUT2D eigenvalue weighted by atomic mass is 10.1. The second kappa shape index (κ2) is 7.90. The fourth-order valence-corrected chi connectivity index (χ4v) is 3.92. The van der Waals surface area contributed by atoms with Crippen molar-refractivity contribution < 1.29 is 23.5 Å². The van der Waals surface area contributed by atoms with Crippen LogP contribution in [-0.2, 0) is 6.54 Å². The first-order chi connectivity index (χ1) is 15.9. The van der Waals surface area contributed by atoms with Crippen LogP contribution in [0.3, 0.4) is 0 Å². The van der Waals surface area contributed by atoms with Gasteiger partial charge in [0.05, 0.1) is 30.3 Å². The molecule has 0 saturated carbocycles. The number of nitrogens with one attached hydrogen (secondary N) is 1. The van der Waals surface area contributed by atoms with Gasteiger partial charge in [0, 0.05) is 12.6 Å². The summed E-state index contributed by atoms with van der Waals surface area (Å²) in [6.45, 7) is 1.80. The molecule has 3 amide bonds. The summed E-state index contributed by atoms with van der Waals surface area (Å²) in [4.78, 5) is 43.9. The zero-order chi connectivity index (χ0) is 23.1. The number of fused-ring (bicyclic) bond motifs is 2.